The molecule has 5 aliphatic rings. The molecule has 1 aliphatic heterocycles. The van der Waals surface area contributed by atoms with E-state index in [4.69, 9.17) is 14.2 Å². The molecule has 0 spiro atoms. The second-order valence-electron chi connectivity index (χ2n) is 8.81. The van der Waals surface area contributed by atoms with Crippen molar-refractivity contribution < 1.29 is 23.8 Å². The lowest BCUT2D eigenvalue weighted by Gasteiger charge is -2.45. The Hall–Kier alpha value is -1.36. The number of methoxy groups -OCH3 is 2. The Morgan fingerprint density at radius 2 is 1.67 bits per heavy atom. The zero-order valence-corrected chi connectivity index (χ0v) is 14.7. The van der Waals surface area contributed by atoms with Gasteiger partial charge in [0.15, 0.2) is 0 Å². The number of ether oxygens (including phenoxy) is 3. The van der Waals surface area contributed by atoms with Gasteiger partial charge in [-0.1, -0.05) is 13.8 Å². The number of fused-ring (bicyclic) bond motifs is 4. The number of rotatable bonds is 2. The molecular formula is C19H24O5. The second kappa shape index (κ2) is 4.06. The van der Waals surface area contributed by atoms with Gasteiger partial charge in [-0.3, -0.25) is 0 Å². The highest BCUT2D eigenvalue weighted by Crippen LogP contribution is 2.83. The SMILES string of the molecule is COC(=O)C1=C(C(=O)OC)[C@H]2C(C)(C)[C@H]1C[C@]13O[C@@]21[C@H]1CC[C@H]3C1. The third kappa shape index (κ3) is 1.26. The van der Waals surface area contributed by atoms with E-state index in [-0.39, 0.29) is 40.4 Å². The van der Waals surface area contributed by atoms with Crippen LogP contribution in [0, 0.1) is 29.1 Å². The van der Waals surface area contributed by atoms with Crippen molar-refractivity contribution in [3.63, 3.8) is 0 Å². The zero-order valence-electron chi connectivity index (χ0n) is 14.7. The number of hydrogen-bond acceptors (Lipinski definition) is 5. The average Bonchev–Trinajstić information content (AvgIpc) is 2.83. The van der Waals surface area contributed by atoms with E-state index in [0.29, 0.717) is 23.0 Å². The molecule has 6 atom stereocenters. The van der Waals surface area contributed by atoms with Gasteiger partial charge in [0, 0.05) is 11.8 Å². The minimum Gasteiger partial charge on any atom is -0.466 e. The Bertz CT molecular complexity index is 707. The van der Waals surface area contributed by atoms with Crippen molar-refractivity contribution in [2.45, 2.75) is 50.7 Å². The largest absolute Gasteiger partial charge is 0.466 e. The van der Waals surface area contributed by atoms with Gasteiger partial charge in [-0.05, 0) is 42.9 Å². The number of epoxide rings is 1. The summed E-state index contributed by atoms with van der Waals surface area (Å²) in [7, 11) is 2.77. The summed E-state index contributed by atoms with van der Waals surface area (Å²) < 4.78 is 16.7. The van der Waals surface area contributed by atoms with Crippen LogP contribution in [0.1, 0.15) is 39.5 Å². The van der Waals surface area contributed by atoms with Gasteiger partial charge in [0.2, 0.25) is 0 Å². The summed E-state index contributed by atoms with van der Waals surface area (Å²) in [6.45, 7) is 4.35. The molecule has 0 amide bonds. The van der Waals surface area contributed by atoms with Gasteiger partial charge in [0.25, 0.3) is 0 Å². The van der Waals surface area contributed by atoms with E-state index in [1.807, 2.05) is 0 Å². The molecule has 4 aliphatic carbocycles. The normalized spacial score (nSPS) is 48.8. The maximum absolute atomic E-state index is 12.7. The van der Waals surface area contributed by atoms with E-state index >= 15 is 0 Å². The molecule has 0 N–H and O–H groups in total. The molecule has 130 valence electrons. The Morgan fingerprint density at radius 3 is 2.33 bits per heavy atom. The van der Waals surface area contributed by atoms with Gasteiger partial charge < -0.3 is 14.2 Å². The van der Waals surface area contributed by atoms with Gasteiger partial charge in [-0.15, -0.1) is 0 Å². The smallest absolute Gasteiger partial charge is 0.334 e. The molecule has 4 fully saturated rings. The highest BCUT2D eigenvalue weighted by molar-refractivity contribution is 6.03. The van der Waals surface area contributed by atoms with Crippen LogP contribution in [0.4, 0.5) is 0 Å². The first-order chi connectivity index (χ1) is 11.3. The molecule has 0 aromatic carbocycles. The molecule has 1 heterocycles. The summed E-state index contributed by atoms with van der Waals surface area (Å²) in [5, 5.41) is 0. The van der Waals surface area contributed by atoms with E-state index in [2.05, 4.69) is 13.8 Å². The maximum Gasteiger partial charge on any atom is 0.334 e. The first kappa shape index (κ1) is 14.9. The van der Waals surface area contributed by atoms with Crippen LogP contribution >= 0.6 is 0 Å². The molecule has 5 heteroatoms. The van der Waals surface area contributed by atoms with Crippen molar-refractivity contribution in [1.29, 1.82) is 0 Å². The summed E-state index contributed by atoms with van der Waals surface area (Å²) in [4.78, 5) is 25.2. The van der Waals surface area contributed by atoms with Crippen molar-refractivity contribution in [3.05, 3.63) is 11.1 Å². The molecule has 3 saturated carbocycles. The Kier molecular flexibility index (Phi) is 2.53. The van der Waals surface area contributed by atoms with E-state index < -0.39 is 0 Å². The topological polar surface area (TPSA) is 65.1 Å². The number of hydrogen-bond donors (Lipinski definition) is 0. The highest BCUT2D eigenvalue weighted by Gasteiger charge is 2.90. The fourth-order valence-corrected chi connectivity index (χ4v) is 7.23. The molecule has 24 heavy (non-hydrogen) atoms. The van der Waals surface area contributed by atoms with Gasteiger partial charge >= 0.3 is 11.9 Å². The molecule has 0 aromatic heterocycles. The first-order valence-electron chi connectivity index (χ1n) is 8.96. The maximum atomic E-state index is 12.7. The van der Waals surface area contributed by atoms with Crippen molar-refractivity contribution in [2.75, 3.05) is 14.2 Å². The number of carbonyl (C=O) groups is 2. The van der Waals surface area contributed by atoms with Crippen molar-refractivity contribution in [1.82, 2.24) is 0 Å². The van der Waals surface area contributed by atoms with Crippen LogP contribution in [-0.4, -0.2) is 37.4 Å². The number of esters is 2. The van der Waals surface area contributed by atoms with Gasteiger partial charge in [0.05, 0.1) is 25.4 Å². The van der Waals surface area contributed by atoms with E-state index in [1.165, 1.54) is 33.5 Å². The van der Waals surface area contributed by atoms with Crippen LogP contribution in [-0.2, 0) is 23.8 Å². The first-order valence-corrected chi connectivity index (χ1v) is 8.96. The van der Waals surface area contributed by atoms with Crippen LogP contribution in [0.3, 0.4) is 0 Å². The summed E-state index contributed by atoms with van der Waals surface area (Å²) in [5.74, 6) is 0.249. The molecule has 0 aromatic rings. The lowest BCUT2D eigenvalue weighted by Crippen LogP contribution is -2.52. The third-order valence-electron chi connectivity index (χ3n) is 7.99. The van der Waals surface area contributed by atoms with Crippen molar-refractivity contribution in [3.8, 4) is 0 Å². The van der Waals surface area contributed by atoms with Crippen molar-refractivity contribution >= 4 is 11.9 Å². The quantitative estimate of drug-likeness (QED) is 0.573. The Balaban J connectivity index is 1.73. The summed E-state index contributed by atoms with van der Waals surface area (Å²) in [6.07, 6.45) is 4.43. The Morgan fingerprint density at radius 1 is 1.04 bits per heavy atom. The van der Waals surface area contributed by atoms with Crippen LogP contribution in [0.5, 0.6) is 0 Å². The van der Waals surface area contributed by atoms with Crippen LogP contribution in [0.25, 0.3) is 0 Å². The standard InChI is InChI=1S/C19H24O5/c1-17(2)11-8-18-9-5-6-10(7-9)19(18,24-18)14(17)13(16(21)23-4)12(11)15(20)22-3/h9-11,14H,5-8H2,1-4H3/t9-,10-,11-,14-,18+,19-/m0/s1. The van der Waals surface area contributed by atoms with Gasteiger partial charge in [0.1, 0.15) is 11.2 Å². The molecule has 0 radical (unpaired) electrons. The molecule has 4 bridgehead atoms. The third-order valence-corrected chi connectivity index (χ3v) is 7.99. The predicted molar refractivity (Wildman–Crippen MR) is 83.8 cm³/mol. The Labute approximate surface area is 141 Å². The van der Waals surface area contributed by atoms with Crippen LogP contribution in [0.15, 0.2) is 11.1 Å². The summed E-state index contributed by atoms with van der Waals surface area (Å²) >= 11 is 0. The number of carbonyl (C=O) groups excluding carboxylic acids is 2. The zero-order chi connectivity index (χ0) is 17.1. The van der Waals surface area contributed by atoms with Crippen LogP contribution in [0.2, 0.25) is 0 Å². The predicted octanol–water partition coefficient (Wildman–Crippen LogP) is 2.24. The van der Waals surface area contributed by atoms with Crippen molar-refractivity contribution in [2.24, 2.45) is 29.1 Å². The average molecular weight is 332 g/mol. The molecular weight excluding hydrogens is 308 g/mol. The minimum atomic E-state index is -0.389. The highest BCUT2D eigenvalue weighted by atomic mass is 16.6. The lowest BCUT2D eigenvalue weighted by atomic mass is 9.54. The monoisotopic (exact) mass is 332 g/mol. The fourth-order valence-electron chi connectivity index (χ4n) is 7.23. The summed E-state index contributed by atoms with van der Waals surface area (Å²) in [5.41, 5.74) is 0.518. The second-order valence-corrected chi connectivity index (χ2v) is 8.81. The van der Waals surface area contributed by atoms with E-state index in [0.717, 1.165) is 6.42 Å². The minimum absolute atomic E-state index is 0.000903. The van der Waals surface area contributed by atoms with E-state index in [9.17, 15) is 9.59 Å². The molecule has 5 nitrogen and oxygen atoms in total. The molecule has 5 rings (SSSR count). The molecule has 0 unspecified atom stereocenters. The summed E-state index contributed by atoms with van der Waals surface area (Å²) in [6, 6.07) is 0. The fraction of sp³-hybridized carbons (Fsp3) is 0.789. The van der Waals surface area contributed by atoms with Gasteiger partial charge in [-0.2, -0.15) is 0 Å². The van der Waals surface area contributed by atoms with Gasteiger partial charge in [-0.25, -0.2) is 9.59 Å². The van der Waals surface area contributed by atoms with E-state index in [1.54, 1.807) is 0 Å². The van der Waals surface area contributed by atoms with Crippen LogP contribution < -0.4 is 0 Å². The lowest BCUT2D eigenvalue weighted by molar-refractivity contribution is -0.139. The molecule has 1 saturated heterocycles.